The maximum atomic E-state index is 8.65. The average Bonchev–Trinajstić information content (AvgIpc) is 2.30. The van der Waals surface area contributed by atoms with Gasteiger partial charge in [-0.25, -0.2) is 0 Å². The molecule has 0 fully saturated rings. The lowest BCUT2D eigenvalue weighted by Gasteiger charge is -2.20. The molecule has 0 aliphatic heterocycles. The van der Waals surface area contributed by atoms with Crippen LogP contribution >= 0.6 is 6.26 Å². The molecule has 1 aromatic carbocycles. The quantitative estimate of drug-likeness (QED) is 0.755. The minimum atomic E-state index is -1.68. The van der Waals surface area contributed by atoms with Crippen molar-refractivity contribution < 1.29 is 4.52 Å². The summed E-state index contributed by atoms with van der Waals surface area (Å²) in [4.78, 5) is 0. The van der Waals surface area contributed by atoms with Crippen LogP contribution in [0.2, 0.25) is 0 Å². The minimum Gasteiger partial charge on any atom is -0.467 e. The molecule has 2 nitrogen and oxygen atoms in total. The summed E-state index contributed by atoms with van der Waals surface area (Å²) in [5, 5.41) is 8.65. The van der Waals surface area contributed by atoms with E-state index in [0.29, 0.717) is 5.56 Å². The zero-order valence-corrected chi connectivity index (χ0v) is 10.6. The molecule has 0 aliphatic carbocycles. The van der Waals surface area contributed by atoms with E-state index in [1.54, 1.807) is 12.1 Å². The highest BCUT2D eigenvalue weighted by Crippen LogP contribution is 2.46. The molecule has 0 atom stereocenters. The smallest absolute Gasteiger partial charge is 0.124 e. The summed E-state index contributed by atoms with van der Waals surface area (Å²) in [6, 6.07) is 9.19. The van der Waals surface area contributed by atoms with Crippen molar-refractivity contribution >= 4 is 18.1 Å². The Labute approximate surface area is 96.0 Å². The van der Waals surface area contributed by atoms with Crippen molar-refractivity contribution in [1.82, 2.24) is 0 Å². The van der Waals surface area contributed by atoms with E-state index >= 15 is 0 Å². The third-order valence-corrected chi connectivity index (χ3v) is 6.46. The van der Waals surface area contributed by atoms with Crippen LogP contribution in [-0.2, 0) is 11.8 Å². The Morgan fingerprint density at radius 1 is 1.27 bits per heavy atom. The van der Waals surface area contributed by atoms with Crippen molar-refractivity contribution in [3.05, 3.63) is 29.8 Å². The molecule has 0 unspecified atom stereocenters. The monoisotopic (exact) mass is 239 g/mol. The number of hydrogen-bond donors (Lipinski definition) is 0. The molecule has 0 aromatic heterocycles. The second kappa shape index (κ2) is 5.30. The van der Waals surface area contributed by atoms with Crippen molar-refractivity contribution in [2.75, 3.05) is 12.3 Å². The summed E-state index contributed by atoms with van der Waals surface area (Å²) in [5.74, 6) is 0.779. The predicted molar refractivity (Wildman–Crippen MR) is 67.2 cm³/mol. The number of nitrogens with zero attached hydrogens (tertiary/aromatic N) is 1. The van der Waals surface area contributed by atoms with Crippen LogP contribution in [0.4, 0.5) is 0 Å². The van der Waals surface area contributed by atoms with Gasteiger partial charge in [-0.3, -0.25) is 0 Å². The van der Waals surface area contributed by atoms with Crippen molar-refractivity contribution in [3.63, 3.8) is 0 Å². The Kier molecular flexibility index (Phi) is 4.32. The van der Waals surface area contributed by atoms with Gasteiger partial charge >= 0.3 is 0 Å². The largest absolute Gasteiger partial charge is 0.467 e. The van der Waals surface area contributed by atoms with Gasteiger partial charge in [-0.1, -0.05) is 25.7 Å². The third kappa shape index (κ3) is 3.34. The van der Waals surface area contributed by atoms with Crippen molar-refractivity contribution in [2.24, 2.45) is 0 Å². The number of rotatable bonds is 4. The number of nitriles is 1. The van der Waals surface area contributed by atoms with Gasteiger partial charge in [-0.15, -0.1) is 0 Å². The predicted octanol–water partition coefficient (Wildman–Crippen LogP) is 3.37. The fourth-order valence-electron chi connectivity index (χ4n) is 1.14. The van der Waals surface area contributed by atoms with Gasteiger partial charge in [-0.05, 0) is 24.3 Å². The second-order valence-corrected chi connectivity index (χ2v) is 8.25. The van der Waals surface area contributed by atoms with Crippen LogP contribution in [-0.4, -0.2) is 12.3 Å². The Bertz CT molecular complexity index is 400. The Morgan fingerprint density at radius 3 is 2.20 bits per heavy atom. The van der Waals surface area contributed by atoms with Crippen LogP contribution < -0.4 is 4.52 Å². The molecule has 0 aliphatic rings. The summed E-state index contributed by atoms with van der Waals surface area (Å²) < 4.78 is 5.82. The molecule has 0 bridgehead atoms. The van der Waals surface area contributed by atoms with E-state index in [2.05, 4.69) is 19.9 Å². The first-order valence-electron chi connectivity index (χ1n) is 4.91. The molecule has 1 rings (SSSR count). The zero-order valence-electron chi connectivity index (χ0n) is 8.93. The van der Waals surface area contributed by atoms with E-state index in [9.17, 15) is 0 Å². The molecule has 0 amide bonds. The standard InChI is InChI=1S/C11H14NOPS/c1-3-14(15,4-2)13-11-7-5-10(9-12)6-8-11/h5-8H,3-4H2,1-2H3. The van der Waals surface area contributed by atoms with Crippen LogP contribution in [0.25, 0.3) is 0 Å². The van der Waals surface area contributed by atoms with E-state index in [1.807, 2.05) is 12.1 Å². The molecule has 0 saturated heterocycles. The second-order valence-electron chi connectivity index (χ2n) is 3.17. The molecule has 0 saturated carbocycles. The first-order chi connectivity index (χ1) is 7.13. The van der Waals surface area contributed by atoms with Crippen molar-refractivity contribution in [3.8, 4) is 11.8 Å². The number of benzene rings is 1. The van der Waals surface area contributed by atoms with Crippen LogP contribution in [0.15, 0.2) is 24.3 Å². The van der Waals surface area contributed by atoms with Crippen LogP contribution in [0.5, 0.6) is 5.75 Å². The van der Waals surface area contributed by atoms with Crippen molar-refractivity contribution in [1.29, 1.82) is 5.26 Å². The first kappa shape index (κ1) is 12.2. The maximum absolute atomic E-state index is 8.65. The van der Waals surface area contributed by atoms with Gasteiger partial charge in [-0.2, -0.15) is 5.26 Å². The fourth-order valence-corrected chi connectivity index (χ4v) is 2.60. The summed E-state index contributed by atoms with van der Waals surface area (Å²) in [6.07, 6.45) is 0.127. The topological polar surface area (TPSA) is 33.0 Å². The summed E-state index contributed by atoms with van der Waals surface area (Å²) in [5.41, 5.74) is 0.642. The minimum absolute atomic E-state index is 0.642. The lowest BCUT2D eigenvalue weighted by Crippen LogP contribution is -1.97. The van der Waals surface area contributed by atoms with E-state index in [1.165, 1.54) is 0 Å². The Morgan fingerprint density at radius 2 is 1.80 bits per heavy atom. The van der Waals surface area contributed by atoms with Crippen LogP contribution in [0, 0.1) is 11.3 Å². The van der Waals surface area contributed by atoms with Crippen molar-refractivity contribution in [2.45, 2.75) is 13.8 Å². The normalized spacial score (nSPS) is 10.7. The molecule has 4 heteroatoms. The molecular weight excluding hydrogens is 225 g/mol. The molecule has 80 valence electrons. The van der Waals surface area contributed by atoms with E-state index in [-0.39, 0.29) is 0 Å². The highest BCUT2D eigenvalue weighted by atomic mass is 32.4. The van der Waals surface area contributed by atoms with Gasteiger partial charge in [0, 0.05) is 12.3 Å². The zero-order chi connectivity index (χ0) is 11.3. The molecule has 15 heavy (non-hydrogen) atoms. The van der Waals surface area contributed by atoms with Crippen LogP contribution in [0.3, 0.4) is 0 Å². The highest BCUT2D eigenvalue weighted by Gasteiger charge is 2.13. The molecule has 1 aromatic rings. The molecule has 0 N–H and O–H groups in total. The Balaban J connectivity index is 2.82. The molecule has 0 radical (unpaired) electrons. The summed E-state index contributed by atoms with van der Waals surface area (Å²) >= 11 is 5.47. The van der Waals surface area contributed by atoms with Crippen LogP contribution in [0.1, 0.15) is 19.4 Å². The van der Waals surface area contributed by atoms with E-state index in [4.69, 9.17) is 21.6 Å². The first-order valence-corrected chi connectivity index (χ1v) is 8.00. The van der Waals surface area contributed by atoms with E-state index in [0.717, 1.165) is 18.1 Å². The van der Waals surface area contributed by atoms with Gasteiger partial charge < -0.3 is 4.52 Å². The van der Waals surface area contributed by atoms with Gasteiger partial charge in [0.2, 0.25) is 0 Å². The lowest BCUT2D eigenvalue weighted by atomic mass is 10.2. The van der Waals surface area contributed by atoms with Gasteiger partial charge in [0.15, 0.2) is 0 Å². The number of hydrogen-bond acceptors (Lipinski definition) is 3. The average molecular weight is 239 g/mol. The Hall–Kier alpha value is -0.840. The third-order valence-electron chi connectivity index (χ3n) is 2.22. The fraction of sp³-hybridized carbons (Fsp3) is 0.364. The highest BCUT2D eigenvalue weighted by molar-refractivity contribution is 8.12. The molecule has 0 heterocycles. The van der Waals surface area contributed by atoms with E-state index < -0.39 is 6.26 Å². The maximum Gasteiger partial charge on any atom is 0.124 e. The van der Waals surface area contributed by atoms with Gasteiger partial charge in [0.25, 0.3) is 0 Å². The summed E-state index contributed by atoms with van der Waals surface area (Å²) in [7, 11) is 0. The molecular formula is C11H14NOPS. The molecule has 0 spiro atoms. The van der Waals surface area contributed by atoms with Gasteiger partial charge in [0.1, 0.15) is 12.0 Å². The SMILES string of the molecule is CCP(=S)(CC)Oc1ccc(C#N)cc1. The summed E-state index contributed by atoms with van der Waals surface area (Å²) in [6.45, 7) is 4.13. The lowest BCUT2D eigenvalue weighted by molar-refractivity contribution is 0.611. The van der Waals surface area contributed by atoms with Gasteiger partial charge in [0.05, 0.1) is 11.6 Å².